The zero-order valence-electron chi connectivity index (χ0n) is 11.7. The van der Waals surface area contributed by atoms with E-state index in [1.54, 1.807) is 13.0 Å². The minimum absolute atomic E-state index is 0.0401. The molecule has 0 saturated heterocycles. The van der Waals surface area contributed by atoms with Gasteiger partial charge in [0, 0.05) is 6.42 Å². The molecule has 0 bridgehead atoms. The number of hydrogen-bond acceptors (Lipinski definition) is 3. The number of ketones is 1. The van der Waals surface area contributed by atoms with E-state index in [4.69, 9.17) is 0 Å². The summed E-state index contributed by atoms with van der Waals surface area (Å²) in [5, 5.41) is 18.6. The quantitative estimate of drug-likeness (QED) is 0.524. The van der Waals surface area contributed by atoms with Crippen molar-refractivity contribution in [1.29, 1.82) is 0 Å². The zero-order chi connectivity index (χ0) is 14.1. The Balaban J connectivity index is 2.04. The molecule has 0 saturated carbocycles. The number of phenols is 2. The Hall–Kier alpha value is -1.51. The molecule has 0 aliphatic heterocycles. The SMILES string of the molecule is CC(=O)CCCCCCCCc1ccc(O)c(O)c1. The first-order valence-electron chi connectivity index (χ1n) is 7.10. The molecule has 2 N–H and O–H groups in total. The highest BCUT2D eigenvalue weighted by atomic mass is 16.3. The molecular formula is C16H24O3. The number of rotatable bonds is 9. The molecule has 0 aliphatic carbocycles. The molecule has 0 aliphatic rings. The topological polar surface area (TPSA) is 57.5 Å². The van der Waals surface area contributed by atoms with Crippen LogP contribution >= 0.6 is 0 Å². The van der Waals surface area contributed by atoms with Crippen LogP contribution in [0.3, 0.4) is 0 Å². The molecule has 0 atom stereocenters. The summed E-state index contributed by atoms with van der Waals surface area (Å²) in [7, 11) is 0. The first-order valence-corrected chi connectivity index (χ1v) is 7.10. The first-order chi connectivity index (χ1) is 9.09. The summed E-state index contributed by atoms with van der Waals surface area (Å²) in [5.41, 5.74) is 1.06. The third-order valence-electron chi connectivity index (χ3n) is 3.28. The molecule has 1 rings (SSSR count). The lowest BCUT2D eigenvalue weighted by atomic mass is 10.0. The summed E-state index contributed by atoms with van der Waals surface area (Å²) in [6, 6.07) is 5.01. The number of aromatic hydroxyl groups is 2. The lowest BCUT2D eigenvalue weighted by molar-refractivity contribution is -0.117. The fourth-order valence-corrected chi connectivity index (χ4v) is 2.13. The van der Waals surface area contributed by atoms with Gasteiger partial charge in [-0.3, -0.25) is 0 Å². The van der Waals surface area contributed by atoms with Crippen molar-refractivity contribution in [3.8, 4) is 11.5 Å². The van der Waals surface area contributed by atoms with E-state index in [1.165, 1.54) is 25.3 Å². The van der Waals surface area contributed by atoms with Crippen LogP contribution in [-0.2, 0) is 11.2 Å². The average Bonchev–Trinajstić information content (AvgIpc) is 2.36. The Morgan fingerprint density at radius 2 is 1.58 bits per heavy atom. The van der Waals surface area contributed by atoms with Crippen molar-refractivity contribution in [1.82, 2.24) is 0 Å². The van der Waals surface area contributed by atoms with E-state index < -0.39 is 0 Å². The smallest absolute Gasteiger partial charge is 0.157 e. The Kier molecular flexibility index (Phi) is 7.01. The van der Waals surface area contributed by atoms with Crippen molar-refractivity contribution in [2.45, 2.75) is 58.3 Å². The van der Waals surface area contributed by atoms with E-state index in [0.717, 1.165) is 31.2 Å². The Bertz CT molecular complexity index is 399. The summed E-state index contributed by atoms with van der Waals surface area (Å²) < 4.78 is 0. The maximum atomic E-state index is 10.7. The van der Waals surface area contributed by atoms with E-state index in [-0.39, 0.29) is 17.3 Å². The van der Waals surface area contributed by atoms with E-state index in [9.17, 15) is 15.0 Å². The van der Waals surface area contributed by atoms with Crippen LogP contribution in [0.1, 0.15) is 57.4 Å². The fourth-order valence-electron chi connectivity index (χ4n) is 2.13. The molecule has 3 heteroatoms. The average molecular weight is 264 g/mol. The molecule has 0 heterocycles. The maximum absolute atomic E-state index is 10.7. The van der Waals surface area contributed by atoms with Crippen LogP contribution in [0, 0.1) is 0 Å². The molecule has 0 aromatic heterocycles. The first kappa shape index (κ1) is 15.5. The molecule has 0 amide bonds. The molecule has 3 nitrogen and oxygen atoms in total. The van der Waals surface area contributed by atoms with Gasteiger partial charge >= 0.3 is 0 Å². The van der Waals surface area contributed by atoms with Gasteiger partial charge in [0.1, 0.15) is 5.78 Å². The number of benzene rings is 1. The highest BCUT2D eigenvalue weighted by molar-refractivity contribution is 5.75. The van der Waals surface area contributed by atoms with Crippen LogP contribution in [-0.4, -0.2) is 16.0 Å². The molecular weight excluding hydrogens is 240 g/mol. The lowest BCUT2D eigenvalue weighted by Crippen LogP contribution is -1.90. The number of unbranched alkanes of at least 4 members (excludes halogenated alkanes) is 5. The summed E-state index contributed by atoms with van der Waals surface area (Å²) in [5.74, 6) is 0.183. The number of hydrogen-bond donors (Lipinski definition) is 2. The lowest BCUT2D eigenvalue weighted by Gasteiger charge is -2.04. The highest BCUT2D eigenvalue weighted by Crippen LogP contribution is 2.25. The van der Waals surface area contributed by atoms with Crippen LogP contribution in [0.15, 0.2) is 18.2 Å². The monoisotopic (exact) mass is 264 g/mol. The van der Waals surface area contributed by atoms with Crippen LogP contribution in [0.25, 0.3) is 0 Å². The predicted octanol–water partition coefficient (Wildman–Crippen LogP) is 3.96. The minimum Gasteiger partial charge on any atom is -0.504 e. The van der Waals surface area contributed by atoms with Crippen molar-refractivity contribution in [3.05, 3.63) is 23.8 Å². The van der Waals surface area contributed by atoms with Crippen molar-refractivity contribution < 1.29 is 15.0 Å². The maximum Gasteiger partial charge on any atom is 0.157 e. The molecule has 1 aromatic carbocycles. The largest absolute Gasteiger partial charge is 0.504 e. The van der Waals surface area contributed by atoms with Crippen LogP contribution in [0.5, 0.6) is 11.5 Å². The summed E-state index contributed by atoms with van der Waals surface area (Å²) in [4.78, 5) is 10.7. The molecule has 0 radical (unpaired) electrons. The van der Waals surface area contributed by atoms with E-state index in [2.05, 4.69) is 0 Å². The molecule has 1 aromatic rings. The number of carbonyl (C=O) groups excluding carboxylic acids is 1. The highest BCUT2D eigenvalue weighted by Gasteiger charge is 2.00. The second kappa shape index (κ2) is 8.57. The minimum atomic E-state index is -0.0609. The second-order valence-electron chi connectivity index (χ2n) is 5.15. The van der Waals surface area contributed by atoms with Crippen molar-refractivity contribution >= 4 is 5.78 Å². The van der Waals surface area contributed by atoms with Crippen molar-refractivity contribution in [2.24, 2.45) is 0 Å². The summed E-state index contributed by atoms with van der Waals surface area (Å²) >= 11 is 0. The molecule has 19 heavy (non-hydrogen) atoms. The molecule has 0 spiro atoms. The van der Waals surface area contributed by atoms with Gasteiger partial charge in [-0.1, -0.05) is 31.7 Å². The third-order valence-corrected chi connectivity index (χ3v) is 3.28. The fraction of sp³-hybridized carbons (Fsp3) is 0.562. The number of Topliss-reactive ketones (excluding diaryl/α,β-unsaturated/α-hetero) is 1. The Labute approximate surface area is 115 Å². The van der Waals surface area contributed by atoms with Crippen LogP contribution in [0.2, 0.25) is 0 Å². The normalized spacial score (nSPS) is 10.6. The van der Waals surface area contributed by atoms with E-state index >= 15 is 0 Å². The second-order valence-corrected chi connectivity index (χ2v) is 5.15. The van der Waals surface area contributed by atoms with Gasteiger partial charge < -0.3 is 15.0 Å². The van der Waals surface area contributed by atoms with Crippen molar-refractivity contribution in [3.63, 3.8) is 0 Å². The van der Waals surface area contributed by atoms with Gasteiger partial charge in [0.05, 0.1) is 0 Å². The standard InChI is InChI=1S/C16H24O3/c1-13(17)8-6-4-2-3-5-7-9-14-10-11-15(18)16(19)12-14/h10-12,18-19H,2-9H2,1H3. The van der Waals surface area contributed by atoms with Gasteiger partial charge in [-0.05, 0) is 43.9 Å². The number of aryl methyl sites for hydroxylation is 1. The Morgan fingerprint density at radius 3 is 2.21 bits per heavy atom. The predicted molar refractivity (Wildman–Crippen MR) is 76.5 cm³/mol. The summed E-state index contributed by atoms with van der Waals surface area (Å²) in [6.45, 7) is 1.65. The van der Waals surface area contributed by atoms with Gasteiger partial charge in [0.25, 0.3) is 0 Å². The van der Waals surface area contributed by atoms with Crippen LogP contribution in [0.4, 0.5) is 0 Å². The number of carbonyl (C=O) groups is 1. The number of phenolic OH excluding ortho intramolecular Hbond substituents is 2. The van der Waals surface area contributed by atoms with Gasteiger partial charge in [-0.15, -0.1) is 0 Å². The van der Waals surface area contributed by atoms with Gasteiger partial charge in [0.2, 0.25) is 0 Å². The Morgan fingerprint density at radius 1 is 0.947 bits per heavy atom. The van der Waals surface area contributed by atoms with E-state index in [0.29, 0.717) is 6.42 Å². The molecule has 106 valence electrons. The van der Waals surface area contributed by atoms with Gasteiger partial charge in [-0.2, -0.15) is 0 Å². The van der Waals surface area contributed by atoms with E-state index in [1.807, 2.05) is 6.07 Å². The van der Waals surface area contributed by atoms with Gasteiger partial charge in [-0.25, -0.2) is 0 Å². The molecule has 0 unspecified atom stereocenters. The molecule has 0 fully saturated rings. The van der Waals surface area contributed by atoms with Crippen LogP contribution < -0.4 is 0 Å². The van der Waals surface area contributed by atoms with Crippen molar-refractivity contribution in [2.75, 3.05) is 0 Å². The van der Waals surface area contributed by atoms with Gasteiger partial charge in [0.15, 0.2) is 11.5 Å². The zero-order valence-corrected chi connectivity index (χ0v) is 11.7. The third kappa shape index (κ3) is 6.85. The summed E-state index contributed by atoms with van der Waals surface area (Å²) in [6.07, 6.45) is 8.45.